The molecule has 36 heavy (non-hydrogen) atoms. The number of ketones is 2. The predicted octanol–water partition coefficient (Wildman–Crippen LogP) is 6.12. The van der Waals surface area contributed by atoms with Crippen LogP contribution in [0, 0.1) is 0 Å². The zero-order chi connectivity index (χ0) is 25.9. The summed E-state index contributed by atoms with van der Waals surface area (Å²) in [6.45, 7) is 0. The van der Waals surface area contributed by atoms with E-state index in [0.717, 1.165) is 22.5 Å². The van der Waals surface area contributed by atoms with Gasteiger partial charge in [0.25, 0.3) is 0 Å². The van der Waals surface area contributed by atoms with Crippen LogP contribution in [0.1, 0.15) is 32.1 Å². The third-order valence-corrected chi connectivity index (χ3v) is 5.37. The molecule has 0 aliphatic heterocycles. The van der Waals surface area contributed by atoms with Crippen LogP contribution in [0.5, 0.6) is 0 Å². The summed E-state index contributed by atoms with van der Waals surface area (Å²) in [7, 11) is 7.98. The van der Waals surface area contributed by atoms with Gasteiger partial charge in [-0.05, 0) is 59.7 Å². The summed E-state index contributed by atoms with van der Waals surface area (Å²) < 4.78 is 0. The maximum absolute atomic E-state index is 12.5. The van der Waals surface area contributed by atoms with E-state index >= 15 is 0 Å². The highest BCUT2D eigenvalue weighted by Crippen LogP contribution is 2.14. The van der Waals surface area contributed by atoms with E-state index in [4.69, 9.17) is 0 Å². The Morgan fingerprint density at radius 1 is 0.583 bits per heavy atom. The third-order valence-electron chi connectivity index (χ3n) is 5.37. The quantitative estimate of drug-likeness (QED) is 0.200. The molecule has 0 radical (unpaired) electrons. The molecule has 182 valence electrons. The van der Waals surface area contributed by atoms with Crippen molar-refractivity contribution in [2.45, 2.75) is 0 Å². The van der Waals surface area contributed by atoms with Crippen LogP contribution >= 0.6 is 0 Å². The highest BCUT2D eigenvalue weighted by Gasteiger charge is 2.08. The van der Waals surface area contributed by atoms with Gasteiger partial charge in [-0.15, -0.1) is 0 Å². The van der Waals surface area contributed by atoms with Crippen molar-refractivity contribution in [2.75, 3.05) is 38.0 Å². The summed E-state index contributed by atoms with van der Waals surface area (Å²) in [6, 6.07) is 21.1. The Bertz CT molecular complexity index is 1200. The highest BCUT2D eigenvalue weighted by atomic mass is 16.1. The molecule has 0 fully saturated rings. The molecule has 0 amide bonds. The minimum Gasteiger partial charge on any atom is -0.378 e. The van der Waals surface area contributed by atoms with Gasteiger partial charge >= 0.3 is 0 Å². The third kappa shape index (κ3) is 7.77. The molecule has 0 bridgehead atoms. The van der Waals surface area contributed by atoms with E-state index in [1.165, 1.54) is 12.2 Å². The summed E-state index contributed by atoms with van der Waals surface area (Å²) >= 11 is 0. The van der Waals surface area contributed by atoms with Gasteiger partial charge in [0.1, 0.15) is 11.4 Å². The normalized spacial score (nSPS) is 11.7. The van der Waals surface area contributed by atoms with Crippen molar-refractivity contribution in [3.05, 3.63) is 126 Å². The standard InChI is InChI=1S/C31H31N3O2/c1-33(2)26-20-16-24(17-21-26)10-5-7-14-30(35)28-12-9-13-29(32-28)31(36)15-8-6-11-25-18-22-27(23-19-25)34(3)4/h5-23H,1-4H3/b10-5+,11-6+,14-7+,15-8+. The Kier molecular flexibility index (Phi) is 9.29. The molecule has 0 saturated heterocycles. The van der Waals surface area contributed by atoms with Crippen molar-refractivity contribution in [1.29, 1.82) is 0 Å². The van der Waals surface area contributed by atoms with Crippen molar-refractivity contribution in [3.63, 3.8) is 0 Å². The Morgan fingerprint density at radius 2 is 0.972 bits per heavy atom. The fourth-order valence-electron chi connectivity index (χ4n) is 3.27. The molecule has 0 aliphatic rings. The average molecular weight is 478 g/mol. The Morgan fingerprint density at radius 3 is 1.33 bits per heavy atom. The lowest BCUT2D eigenvalue weighted by Crippen LogP contribution is -2.07. The van der Waals surface area contributed by atoms with Crippen LogP contribution in [-0.2, 0) is 0 Å². The van der Waals surface area contributed by atoms with E-state index in [1.807, 2.05) is 98.7 Å². The molecule has 0 atom stereocenters. The lowest BCUT2D eigenvalue weighted by molar-refractivity contribution is 0.103. The summed E-state index contributed by atoms with van der Waals surface area (Å²) in [5.74, 6) is -0.524. The number of hydrogen-bond acceptors (Lipinski definition) is 5. The Labute approximate surface area is 213 Å². The van der Waals surface area contributed by atoms with Crippen molar-refractivity contribution in [1.82, 2.24) is 4.98 Å². The molecule has 1 aromatic heterocycles. The largest absolute Gasteiger partial charge is 0.378 e. The summed E-state index contributed by atoms with van der Waals surface area (Å²) in [5, 5.41) is 0. The molecule has 5 heteroatoms. The first-order valence-corrected chi connectivity index (χ1v) is 11.6. The van der Waals surface area contributed by atoms with E-state index in [9.17, 15) is 9.59 Å². The first kappa shape index (κ1) is 26.1. The lowest BCUT2D eigenvalue weighted by Gasteiger charge is -2.11. The van der Waals surface area contributed by atoms with Crippen molar-refractivity contribution < 1.29 is 9.59 Å². The zero-order valence-electron chi connectivity index (χ0n) is 21.1. The maximum atomic E-state index is 12.5. The molecule has 0 unspecified atom stereocenters. The van der Waals surface area contributed by atoms with Crippen LogP contribution in [0.2, 0.25) is 0 Å². The second kappa shape index (κ2) is 12.8. The Balaban J connectivity index is 1.57. The fraction of sp³-hybridized carbons (Fsp3) is 0.129. The van der Waals surface area contributed by atoms with Crippen molar-refractivity contribution in [3.8, 4) is 0 Å². The van der Waals surface area contributed by atoms with Gasteiger partial charge in [-0.25, -0.2) is 4.98 Å². The Hall–Kier alpha value is -4.51. The monoisotopic (exact) mass is 477 g/mol. The number of carbonyl (C=O) groups is 2. The number of hydrogen-bond donors (Lipinski definition) is 0. The molecule has 0 saturated carbocycles. The number of nitrogens with zero attached hydrogens (tertiary/aromatic N) is 3. The van der Waals surface area contributed by atoms with Crippen LogP contribution in [0.3, 0.4) is 0 Å². The number of anilines is 2. The molecular formula is C31H31N3O2. The van der Waals surface area contributed by atoms with Gasteiger partial charge in [0.15, 0.2) is 0 Å². The number of rotatable bonds is 10. The molecule has 3 aromatic rings. The molecule has 1 heterocycles. The van der Waals surface area contributed by atoms with Gasteiger partial charge in [-0.2, -0.15) is 0 Å². The zero-order valence-corrected chi connectivity index (χ0v) is 21.1. The van der Waals surface area contributed by atoms with E-state index in [0.29, 0.717) is 0 Å². The highest BCUT2D eigenvalue weighted by molar-refractivity contribution is 6.06. The number of aromatic nitrogens is 1. The van der Waals surface area contributed by atoms with Gasteiger partial charge in [0.2, 0.25) is 11.6 Å². The van der Waals surface area contributed by atoms with Gasteiger partial charge in [-0.3, -0.25) is 9.59 Å². The van der Waals surface area contributed by atoms with Crippen LogP contribution in [0.25, 0.3) is 12.2 Å². The molecule has 2 aromatic carbocycles. The van der Waals surface area contributed by atoms with E-state index in [-0.39, 0.29) is 23.0 Å². The van der Waals surface area contributed by atoms with Crippen LogP contribution in [0.4, 0.5) is 11.4 Å². The topological polar surface area (TPSA) is 53.5 Å². The summed E-state index contributed by atoms with van der Waals surface area (Å²) in [4.78, 5) is 33.3. The van der Waals surface area contributed by atoms with Crippen molar-refractivity contribution in [2.24, 2.45) is 0 Å². The van der Waals surface area contributed by atoms with Crippen LogP contribution < -0.4 is 9.80 Å². The molecule has 0 spiro atoms. The number of allylic oxidation sites excluding steroid dienone is 6. The van der Waals surface area contributed by atoms with E-state index in [2.05, 4.69) is 4.98 Å². The lowest BCUT2D eigenvalue weighted by atomic mass is 10.1. The SMILES string of the molecule is CN(C)c1ccc(/C=C/C=C/C(=O)c2cccc(C(=O)/C=C/C=C/c3ccc(N(C)C)cc3)n2)cc1. The van der Waals surface area contributed by atoms with E-state index in [1.54, 1.807) is 42.5 Å². The minimum absolute atomic E-state index is 0.228. The molecule has 5 nitrogen and oxygen atoms in total. The maximum Gasteiger partial charge on any atom is 0.204 e. The predicted molar refractivity (Wildman–Crippen MR) is 151 cm³/mol. The van der Waals surface area contributed by atoms with Gasteiger partial charge in [-0.1, -0.05) is 66.8 Å². The second-order valence-corrected chi connectivity index (χ2v) is 8.54. The number of carbonyl (C=O) groups excluding carboxylic acids is 2. The van der Waals surface area contributed by atoms with Gasteiger partial charge in [0, 0.05) is 39.6 Å². The smallest absolute Gasteiger partial charge is 0.204 e. The number of benzene rings is 2. The first-order valence-electron chi connectivity index (χ1n) is 11.6. The summed E-state index contributed by atoms with van der Waals surface area (Å²) in [5.41, 5.74) is 4.78. The molecule has 0 N–H and O–H groups in total. The fourth-order valence-corrected chi connectivity index (χ4v) is 3.27. The van der Waals surface area contributed by atoms with E-state index < -0.39 is 0 Å². The van der Waals surface area contributed by atoms with Crippen LogP contribution in [-0.4, -0.2) is 44.7 Å². The summed E-state index contributed by atoms with van der Waals surface area (Å²) in [6.07, 6.45) is 13.7. The molecular weight excluding hydrogens is 446 g/mol. The average Bonchev–Trinajstić information content (AvgIpc) is 2.89. The van der Waals surface area contributed by atoms with Crippen molar-refractivity contribution >= 4 is 35.1 Å². The second-order valence-electron chi connectivity index (χ2n) is 8.54. The van der Waals surface area contributed by atoms with Gasteiger partial charge < -0.3 is 9.80 Å². The number of pyridine rings is 1. The van der Waals surface area contributed by atoms with Crippen LogP contribution in [0.15, 0.2) is 103 Å². The molecule has 3 rings (SSSR count). The van der Waals surface area contributed by atoms with Gasteiger partial charge in [0.05, 0.1) is 0 Å². The minimum atomic E-state index is -0.262. The molecule has 0 aliphatic carbocycles. The first-order chi connectivity index (χ1) is 17.3.